The van der Waals surface area contributed by atoms with Gasteiger partial charge in [0.25, 0.3) is 0 Å². The van der Waals surface area contributed by atoms with E-state index in [0.29, 0.717) is 44.3 Å². The summed E-state index contributed by atoms with van der Waals surface area (Å²) >= 11 is 0. The maximum absolute atomic E-state index is 13.6. The van der Waals surface area contributed by atoms with E-state index >= 15 is 0 Å². The maximum Gasteiger partial charge on any atom is 0.326 e. The molecule has 798 valence electrons. The van der Waals surface area contributed by atoms with Gasteiger partial charge in [0, 0.05) is 109 Å². The predicted molar refractivity (Wildman–Crippen MR) is 494 cm³/mol. The molecular weight excluding hydrogens is 1870 g/mol. The maximum atomic E-state index is 13.6. The van der Waals surface area contributed by atoms with Crippen molar-refractivity contribution in [2.75, 3.05) is 79.0 Å². The molecule has 0 saturated carbocycles. The second-order valence-electron chi connectivity index (χ2n) is 35.1. The molecule has 0 spiro atoms. The third-order valence-electron chi connectivity index (χ3n) is 21.7. The average molecular weight is 2020 g/mol. The highest BCUT2D eigenvalue weighted by Gasteiger charge is 2.42. The minimum atomic E-state index is -2.23. The van der Waals surface area contributed by atoms with Crippen LogP contribution in [0.3, 0.4) is 0 Å². The van der Waals surface area contributed by atoms with Crippen molar-refractivity contribution in [1.82, 2.24) is 58.5 Å². The fourth-order valence-corrected chi connectivity index (χ4v) is 14.1. The third kappa shape index (κ3) is 65.0. The molecule has 0 aliphatic rings. The fraction of sp³-hybridized carbons (Fsp3) is 0.714. The molecule has 141 heavy (non-hydrogen) atoms. The molecule has 0 fully saturated rings. The fourth-order valence-electron chi connectivity index (χ4n) is 14.1. The van der Waals surface area contributed by atoms with Gasteiger partial charge in [-0.25, -0.2) is 4.79 Å². The SMILES string of the molecule is CC(=O)NC(C)(CC(=O)O)C(=O)NC(CC(=O)O)C(=O)CC(CC(=O)O)C(=O)NC(CC(=O)O)C(=O)CCCOCCOCC(=O)NC(CCCCNC(=O)COCCOCCCC(=O)C(CC(=O)O)NC(=O)C(CC(=O)O)CC(=O)C(CC(=O)O)NC(=O)C(C)CC(=O)O)C(=O)NCCCCCCCCCCC(=O)NCCCCCCCCCCC(=O)NC(CCN/C=C(\N)CC(C)(C)C(=O)O)C(=O)O. The first-order chi connectivity index (χ1) is 66.4. The molecule has 0 radical (unpaired) electrons. The Hall–Kier alpha value is -12.7. The van der Waals surface area contributed by atoms with Crippen LogP contribution in [0.2, 0.25) is 0 Å². The number of unbranched alkanes of at least 4 members (excludes halogenated alkanes) is 15. The number of amides is 10. The molecule has 0 saturated heterocycles. The Kier molecular flexibility index (Phi) is 66.8. The highest BCUT2D eigenvalue weighted by molar-refractivity contribution is 6.02. The van der Waals surface area contributed by atoms with Gasteiger partial charge in [0.2, 0.25) is 59.1 Å². The lowest BCUT2D eigenvalue weighted by atomic mass is 9.88. The third-order valence-corrected chi connectivity index (χ3v) is 21.7. The molecule has 50 heteroatoms. The van der Waals surface area contributed by atoms with Gasteiger partial charge in [-0.15, -0.1) is 0 Å². The molecule has 0 rings (SSSR count). The number of hydrogen-bond acceptors (Lipinski definition) is 30. The van der Waals surface area contributed by atoms with Crippen LogP contribution in [-0.4, -0.2) is 314 Å². The van der Waals surface area contributed by atoms with Crippen LogP contribution in [0.1, 0.15) is 272 Å². The molecule has 0 bridgehead atoms. The highest BCUT2D eigenvalue weighted by Crippen LogP contribution is 2.24. The Bertz CT molecular complexity index is 4130. The van der Waals surface area contributed by atoms with E-state index in [1.165, 1.54) is 27.0 Å². The first-order valence-electron chi connectivity index (χ1n) is 47.1. The smallest absolute Gasteiger partial charge is 0.326 e. The van der Waals surface area contributed by atoms with Gasteiger partial charge in [0.15, 0.2) is 23.1 Å². The number of Topliss-reactive ketones (excluding diaryl/α,β-unsaturated/α-hetero) is 4. The van der Waals surface area contributed by atoms with Gasteiger partial charge < -0.3 is 134 Å². The molecule has 0 aromatic carbocycles. The largest absolute Gasteiger partial charge is 0.481 e. The number of ketones is 4. The van der Waals surface area contributed by atoms with E-state index in [1.54, 1.807) is 0 Å². The van der Waals surface area contributed by atoms with E-state index in [0.717, 1.165) is 104 Å². The van der Waals surface area contributed by atoms with Crippen LogP contribution < -0.4 is 64.2 Å². The number of nitrogens with one attached hydrogen (secondary N) is 11. The number of allylic oxidation sites excluding steroid dienone is 1. The average Bonchev–Trinajstić information content (AvgIpc) is 0.828. The summed E-state index contributed by atoms with van der Waals surface area (Å²) in [4.78, 5) is 299. The van der Waals surface area contributed by atoms with Crippen molar-refractivity contribution in [3.05, 3.63) is 11.9 Å². The summed E-state index contributed by atoms with van der Waals surface area (Å²) in [6, 6.07) is -9.51. The standard InChI is InChI=1S/C91H146N12O38/c1-56(42-75(113)114)83(129)99-65(49-80(123)124)69(107)43-58(45-76(115)116)84(130)100-63(47-78(119)120)67(105)27-24-36-138-38-40-140-54-73(111)95-33-23-20-26-61(86(132)96-34-22-17-13-9-6-10-14-18-29-71(109)94-32-21-16-12-8-7-11-15-19-30-72(110)98-62(87(133)134)31-35-93-53-60(92)51-90(3,4)89(136)137)97-74(112)55-141-41-39-139-37-25-28-68(106)64(48-79(121)122)101-85(131)59(46-77(117)118)44-70(108)66(50-81(125)126)102-88(135)91(5,52-82(127)128)103-57(2)104/h53,56,58-59,61-66,93H,6-52,54-55,92H2,1-5H3,(H,94,109)(H,95,111)(H,96,132)(H,97,112)(H,98,110)(H,99,129)(H,100,130)(H,101,131)(H,102,135)(H,103,104)(H,113,114)(H,115,116)(H,117,118)(H,119,120)(H,121,122)(H,123,124)(H,125,126)(H,127,128)(H,133,134)(H,136,137)/b60-53-. The molecule has 0 aliphatic carbocycles. The van der Waals surface area contributed by atoms with E-state index in [9.17, 15) is 161 Å². The molecule has 0 aromatic heterocycles. The van der Waals surface area contributed by atoms with Gasteiger partial charge in [-0.1, -0.05) is 84.0 Å². The molecule has 10 unspecified atom stereocenters. The normalized spacial score (nSPS) is 13.6. The van der Waals surface area contributed by atoms with E-state index < -0.39 is 279 Å². The second-order valence-corrected chi connectivity index (χ2v) is 35.1. The van der Waals surface area contributed by atoms with Crippen molar-refractivity contribution >= 4 is 142 Å². The molecule has 23 N–H and O–H groups in total. The zero-order chi connectivity index (χ0) is 107. The summed E-state index contributed by atoms with van der Waals surface area (Å²) in [6.07, 6.45) is 5.75. The van der Waals surface area contributed by atoms with Crippen LogP contribution in [0.5, 0.6) is 0 Å². The van der Waals surface area contributed by atoms with E-state index in [1.807, 2.05) is 5.32 Å². The van der Waals surface area contributed by atoms with Crippen molar-refractivity contribution < 1.29 is 185 Å². The minimum Gasteiger partial charge on any atom is -0.481 e. The molecule has 10 atom stereocenters. The first-order valence-corrected chi connectivity index (χ1v) is 47.1. The lowest BCUT2D eigenvalue weighted by Crippen LogP contribution is -2.60. The highest BCUT2D eigenvalue weighted by atomic mass is 16.5. The van der Waals surface area contributed by atoms with Gasteiger partial charge in [-0.05, 0) is 85.0 Å². The predicted octanol–water partition coefficient (Wildman–Crippen LogP) is 1.05. The summed E-state index contributed by atoms with van der Waals surface area (Å²) in [5, 5.41) is 122. The zero-order valence-corrected chi connectivity index (χ0v) is 80.9. The minimum absolute atomic E-state index is 0.00520. The Labute approximate surface area is 816 Å². The number of hydrogen-bond donors (Lipinski definition) is 22. The van der Waals surface area contributed by atoms with Gasteiger partial charge in [0.05, 0.1) is 119 Å². The molecule has 0 aromatic rings. The van der Waals surface area contributed by atoms with Crippen LogP contribution in [-0.2, 0) is 134 Å². The van der Waals surface area contributed by atoms with Crippen molar-refractivity contribution in [2.24, 2.45) is 28.9 Å². The van der Waals surface area contributed by atoms with E-state index in [2.05, 4.69) is 53.2 Å². The van der Waals surface area contributed by atoms with Gasteiger partial charge in [0.1, 0.15) is 30.8 Å². The quantitative estimate of drug-likeness (QED) is 0.0378. The molecule has 0 heterocycles. The van der Waals surface area contributed by atoms with Gasteiger partial charge >= 0.3 is 59.7 Å². The number of nitrogens with two attached hydrogens (primary N) is 1. The summed E-state index contributed by atoms with van der Waals surface area (Å²) in [6.45, 7) is 5.57. The van der Waals surface area contributed by atoms with Gasteiger partial charge in [-0.3, -0.25) is 110 Å². The first kappa shape index (κ1) is 128. The van der Waals surface area contributed by atoms with Crippen LogP contribution in [0.15, 0.2) is 11.9 Å². The lowest BCUT2D eigenvalue weighted by Gasteiger charge is -2.30. The number of ether oxygens (including phenoxy) is 4. The van der Waals surface area contributed by atoms with Crippen molar-refractivity contribution in [1.29, 1.82) is 0 Å². The van der Waals surface area contributed by atoms with Gasteiger partial charge in [-0.2, -0.15) is 0 Å². The van der Waals surface area contributed by atoms with Crippen LogP contribution in [0.4, 0.5) is 0 Å². The topological polar surface area (TPSA) is 807 Å². The van der Waals surface area contributed by atoms with Crippen molar-refractivity contribution in [3.63, 3.8) is 0 Å². The number of rotatable bonds is 89. The Morgan fingerprint density at radius 2 is 0.695 bits per heavy atom. The Balaban J connectivity index is 5.55. The number of carboxylic acids is 10. The van der Waals surface area contributed by atoms with Crippen LogP contribution in [0.25, 0.3) is 0 Å². The summed E-state index contributed by atoms with van der Waals surface area (Å²) in [5.41, 5.74) is 2.90. The Morgan fingerprint density at radius 3 is 1.12 bits per heavy atom. The van der Waals surface area contributed by atoms with Crippen LogP contribution >= 0.6 is 0 Å². The number of carbonyl (C=O) groups excluding carboxylic acids is 14. The molecule has 10 amide bonds. The lowest BCUT2D eigenvalue weighted by molar-refractivity contribution is -0.147. The number of carbonyl (C=O) groups is 24. The van der Waals surface area contributed by atoms with E-state index in [-0.39, 0.29) is 116 Å². The Morgan fingerprint density at radius 1 is 0.319 bits per heavy atom. The zero-order valence-electron chi connectivity index (χ0n) is 80.9. The summed E-state index contributed by atoms with van der Waals surface area (Å²) in [5.74, 6) is -31.6. The summed E-state index contributed by atoms with van der Waals surface area (Å²) in [7, 11) is 0. The van der Waals surface area contributed by atoms with Crippen LogP contribution in [0, 0.1) is 23.2 Å². The molecular formula is C91H146N12O38. The number of carboxylic acid groups (broad SMARTS) is 10. The molecule has 50 nitrogen and oxygen atoms in total. The summed E-state index contributed by atoms with van der Waals surface area (Å²) < 4.78 is 21.8. The van der Waals surface area contributed by atoms with Crippen molar-refractivity contribution in [2.45, 2.75) is 314 Å². The second kappa shape index (κ2) is 73.4. The van der Waals surface area contributed by atoms with E-state index in [4.69, 9.17) is 29.8 Å². The van der Waals surface area contributed by atoms with Crippen molar-refractivity contribution in [3.8, 4) is 0 Å². The monoisotopic (exact) mass is 2010 g/mol. The number of aliphatic carboxylic acids is 10. The molecule has 0 aliphatic heterocycles.